The minimum absolute atomic E-state index is 0.303. The fraction of sp³-hybridized carbons (Fsp3) is 0.143. The van der Waals surface area contributed by atoms with Gasteiger partial charge in [-0.1, -0.05) is 18.2 Å². The van der Waals surface area contributed by atoms with Crippen molar-refractivity contribution in [1.82, 2.24) is 0 Å². The zero-order valence-corrected chi connectivity index (χ0v) is 15.0. The lowest BCUT2D eigenvalue weighted by Gasteiger charge is -2.13. The number of ether oxygens (including phenoxy) is 2. The smallest absolute Gasteiger partial charge is 0.342 e. The number of anilines is 1. The number of carbonyl (C=O) groups is 2. The summed E-state index contributed by atoms with van der Waals surface area (Å²) in [5.41, 5.74) is 0.875. The molecule has 1 atom stereocenters. The number of rotatable bonds is 6. The second-order valence-electron chi connectivity index (χ2n) is 5.87. The fourth-order valence-electron chi connectivity index (χ4n) is 2.35. The Labute approximate surface area is 156 Å². The normalized spacial score (nSPS) is 11.5. The van der Waals surface area contributed by atoms with E-state index in [1.54, 1.807) is 31.2 Å². The zero-order valence-electron chi connectivity index (χ0n) is 15.0. The number of esters is 1. The Morgan fingerprint density at radius 1 is 0.963 bits per heavy atom. The van der Waals surface area contributed by atoms with Gasteiger partial charge in [-0.2, -0.15) is 0 Å². The van der Waals surface area contributed by atoms with E-state index in [2.05, 4.69) is 5.32 Å². The largest absolute Gasteiger partial charge is 0.469 e. The van der Waals surface area contributed by atoms with Gasteiger partial charge in [0, 0.05) is 5.69 Å². The van der Waals surface area contributed by atoms with Crippen LogP contribution in [0.5, 0.6) is 11.5 Å². The van der Waals surface area contributed by atoms with Gasteiger partial charge in [0.15, 0.2) is 6.10 Å². The summed E-state index contributed by atoms with van der Waals surface area (Å²) in [6.45, 7) is 3.16. The monoisotopic (exact) mass is 365 g/mol. The molecule has 0 unspecified atom stereocenters. The molecule has 0 fully saturated rings. The molecule has 0 radical (unpaired) electrons. The Morgan fingerprint density at radius 3 is 2.26 bits per heavy atom. The predicted molar refractivity (Wildman–Crippen MR) is 99.9 cm³/mol. The van der Waals surface area contributed by atoms with E-state index in [-0.39, 0.29) is 0 Å². The highest BCUT2D eigenvalue weighted by molar-refractivity contribution is 5.97. The van der Waals surface area contributed by atoms with Crippen molar-refractivity contribution in [2.45, 2.75) is 20.0 Å². The molecule has 0 bridgehead atoms. The molecule has 0 saturated heterocycles. The van der Waals surface area contributed by atoms with E-state index >= 15 is 0 Å². The Morgan fingerprint density at radius 2 is 1.63 bits per heavy atom. The van der Waals surface area contributed by atoms with E-state index < -0.39 is 18.0 Å². The molecule has 0 aliphatic heterocycles. The summed E-state index contributed by atoms with van der Waals surface area (Å²) in [4.78, 5) is 24.3. The summed E-state index contributed by atoms with van der Waals surface area (Å²) in [5.74, 6) is 0.789. The van der Waals surface area contributed by atoms with Crippen molar-refractivity contribution in [3.05, 3.63) is 78.3 Å². The minimum atomic E-state index is -0.952. The van der Waals surface area contributed by atoms with E-state index in [1.165, 1.54) is 19.3 Å². The first-order chi connectivity index (χ1) is 13.0. The molecule has 2 aromatic carbocycles. The van der Waals surface area contributed by atoms with Crippen LogP contribution in [0.3, 0.4) is 0 Å². The van der Waals surface area contributed by atoms with E-state index in [1.807, 2.05) is 30.3 Å². The highest BCUT2D eigenvalue weighted by Gasteiger charge is 2.21. The van der Waals surface area contributed by atoms with E-state index in [9.17, 15) is 9.59 Å². The van der Waals surface area contributed by atoms with Gasteiger partial charge in [0.2, 0.25) is 0 Å². The first kappa shape index (κ1) is 18.3. The zero-order chi connectivity index (χ0) is 19.2. The summed E-state index contributed by atoms with van der Waals surface area (Å²) in [7, 11) is 0. The van der Waals surface area contributed by atoms with E-state index in [0.717, 1.165) is 5.75 Å². The van der Waals surface area contributed by atoms with Crippen LogP contribution in [0.15, 0.2) is 71.3 Å². The van der Waals surface area contributed by atoms with Crippen molar-refractivity contribution in [3.8, 4) is 11.5 Å². The van der Waals surface area contributed by atoms with Gasteiger partial charge in [-0.3, -0.25) is 4.79 Å². The summed E-state index contributed by atoms with van der Waals surface area (Å²) in [5, 5.41) is 2.70. The van der Waals surface area contributed by atoms with Crippen molar-refractivity contribution in [2.24, 2.45) is 0 Å². The van der Waals surface area contributed by atoms with E-state index in [0.29, 0.717) is 22.8 Å². The molecular weight excluding hydrogens is 346 g/mol. The van der Waals surface area contributed by atoms with Crippen molar-refractivity contribution in [3.63, 3.8) is 0 Å². The molecule has 0 aliphatic rings. The Bertz CT molecular complexity index is 915. The Kier molecular flexibility index (Phi) is 5.56. The first-order valence-corrected chi connectivity index (χ1v) is 8.42. The van der Waals surface area contributed by atoms with Gasteiger partial charge in [-0.15, -0.1) is 0 Å². The highest BCUT2D eigenvalue weighted by Crippen LogP contribution is 2.22. The number of carbonyl (C=O) groups excluding carboxylic acids is 2. The number of amides is 1. The van der Waals surface area contributed by atoms with Crippen LogP contribution < -0.4 is 10.1 Å². The quantitative estimate of drug-likeness (QED) is 0.648. The summed E-state index contributed by atoms with van der Waals surface area (Å²) < 4.78 is 15.9. The molecule has 1 amide bonds. The Hall–Kier alpha value is -3.54. The second-order valence-corrected chi connectivity index (χ2v) is 5.87. The molecule has 6 heteroatoms. The molecule has 3 rings (SSSR count). The maximum atomic E-state index is 12.2. The van der Waals surface area contributed by atoms with Crippen molar-refractivity contribution >= 4 is 17.6 Å². The van der Waals surface area contributed by atoms with Crippen molar-refractivity contribution in [1.29, 1.82) is 0 Å². The molecule has 1 N–H and O–H groups in total. The third kappa shape index (κ3) is 4.76. The molecule has 3 aromatic rings. The number of hydrogen-bond acceptors (Lipinski definition) is 5. The van der Waals surface area contributed by atoms with Gasteiger partial charge in [0.1, 0.15) is 22.8 Å². The molecule has 1 heterocycles. The van der Waals surface area contributed by atoms with Crippen molar-refractivity contribution in [2.75, 3.05) is 5.32 Å². The SMILES string of the molecule is Cc1occc1C(=O)O[C@@H](C)C(=O)Nc1ccc(Oc2ccccc2)cc1. The molecule has 27 heavy (non-hydrogen) atoms. The number of para-hydroxylation sites is 1. The minimum Gasteiger partial charge on any atom is -0.469 e. The number of aryl methyl sites for hydroxylation is 1. The van der Waals surface area contributed by atoms with Crippen LogP contribution in [0.4, 0.5) is 5.69 Å². The molecule has 0 spiro atoms. The third-order valence-corrected chi connectivity index (χ3v) is 3.83. The lowest BCUT2D eigenvalue weighted by atomic mass is 10.2. The number of furan rings is 1. The van der Waals surface area contributed by atoms with Crippen LogP contribution in [0, 0.1) is 6.92 Å². The van der Waals surface area contributed by atoms with Crippen LogP contribution in [0.1, 0.15) is 23.0 Å². The highest BCUT2D eigenvalue weighted by atomic mass is 16.5. The van der Waals surface area contributed by atoms with Gasteiger partial charge in [-0.05, 0) is 56.3 Å². The maximum absolute atomic E-state index is 12.2. The molecule has 0 saturated carbocycles. The molecular formula is C21H19NO5. The molecule has 6 nitrogen and oxygen atoms in total. The molecule has 0 aliphatic carbocycles. The lowest BCUT2D eigenvalue weighted by Crippen LogP contribution is -2.30. The van der Waals surface area contributed by atoms with Gasteiger partial charge >= 0.3 is 5.97 Å². The van der Waals surface area contributed by atoms with Crippen LogP contribution in [0.25, 0.3) is 0 Å². The summed E-state index contributed by atoms with van der Waals surface area (Å²) >= 11 is 0. The number of nitrogens with one attached hydrogen (secondary N) is 1. The lowest BCUT2D eigenvalue weighted by molar-refractivity contribution is -0.123. The molecule has 1 aromatic heterocycles. The second kappa shape index (κ2) is 8.23. The standard InChI is InChI=1S/C21H19NO5/c1-14-19(12-13-25-14)21(24)26-15(2)20(23)22-16-8-10-18(11-9-16)27-17-6-4-3-5-7-17/h3-13,15H,1-2H3,(H,22,23)/t15-/m0/s1. The fourth-order valence-corrected chi connectivity index (χ4v) is 2.35. The maximum Gasteiger partial charge on any atom is 0.342 e. The van der Waals surface area contributed by atoms with Crippen LogP contribution in [0.2, 0.25) is 0 Å². The van der Waals surface area contributed by atoms with Gasteiger partial charge in [0.05, 0.1) is 6.26 Å². The van der Waals surface area contributed by atoms with Crippen LogP contribution >= 0.6 is 0 Å². The molecule has 138 valence electrons. The average Bonchev–Trinajstić information content (AvgIpc) is 3.10. The predicted octanol–water partition coefficient (Wildman–Crippen LogP) is 4.56. The van der Waals surface area contributed by atoms with Crippen LogP contribution in [-0.4, -0.2) is 18.0 Å². The average molecular weight is 365 g/mol. The van der Waals surface area contributed by atoms with Crippen molar-refractivity contribution < 1.29 is 23.5 Å². The number of benzene rings is 2. The van der Waals surface area contributed by atoms with E-state index in [4.69, 9.17) is 13.9 Å². The van der Waals surface area contributed by atoms with Gasteiger partial charge < -0.3 is 19.2 Å². The number of hydrogen-bond donors (Lipinski definition) is 1. The first-order valence-electron chi connectivity index (χ1n) is 8.42. The Balaban J connectivity index is 1.55. The topological polar surface area (TPSA) is 77.8 Å². The van der Waals surface area contributed by atoms with Gasteiger partial charge in [0.25, 0.3) is 5.91 Å². The van der Waals surface area contributed by atoms with Crippen LogP contribution in [-0.2, 0) is 9.53 Å². The summed E-state index contributed by atoms with van der Waals surface area (Å²) in [6, 6.07) is 17.8. The van der Waals surface area contributed by atoms with Gasteiger partial charge in [-0.25, -0.2) is 4.79 Å². The third-order valence-electron chi connectivity index (χ3n) is 3.83. The summed E-state index contributed by atoms with van der Waals surface area (Å²) in [6.07, 6.45) is 0.447.